The number of hydrazine groups is 1. The fraction of sp³-hybridized carbons (Fsp3) is 0.300. The Kier molecular flexibility index (Phi) is 4.34. The van der Waals surface area contributed by atoms with Gasteiger partial charge in [-0.25, -0.2) is 0 Å². The molecule has 1 aliphatic carbocycles. The number of carbonyl (C=O) groups excluding carboxylic acids is 1. The van der Waals surface area contributed by atoms with Crippen LogP contribution in [0.3, 0.4) is 0 Å². The number of amidine groups is 1. The lowest BCUT2D eigenvalue weighted by Crippen LogP contribution is -2.46. The minimum atomic E-state index is -0.174. The average molecular weight is 398 g/mol. The largest absolute Gasteiger partial charge is 0.281 e. The second-order valence-electron chi connectivity index (χ2n) is 6.82. The van der Waals surface area contributed by atoms with Gasteiger partial charge in [0.25, 0.3) is 5.91 Å². The van der Waals surface area contributed by atoms with Gasteiger partial charge in [0.2, 0.25) is 0 Å². The van der Waals surface area contributed by atoms with Crippen LogP contribution in [0.2, 0.25) is 0 Å². The van der Waals surface area contributed by atoms with E-state index in [9.17, 15) is 4.79 Å². The lowest BCUT2D eigenvalue weighted by molar-refractivity contribution is 0.0943. The molecule has 4 nitrogen and oxygen atoms in total. The zero-order chi connectivity index (χ0) is 17.3. The lowest BCUT2D eigenvalue weighted by Gasteiger charge is -2.32. The third-order valence-corrected chi connectivity index (χ3v) is 5.55. The van der Waals surface area contributed by atoms with Gasteiger partial charge in [-0.3, -0.25) is 20.6 Å². The van der Waals surface area contributed by atoms with E-state index < -0.39 is 0 Å². The Hall–Kier alpha value is -2.14. The van der Waals surface area contributed by atoms with Crippen LogP contribution in [-0.4, -0.2) is 17.3 Å². The zero-order valence-corrected chi connectivity index (χ0v) is 15.5. The van der Waals surface area contributed by atoms with Crippen molar-refractivity contribution in [3.63, 3.8) is 0 Å². The smallest absolute Gasteiger partial charge is 0.269 e. The van der Waals surface area contributed by atoms with Crippen LogP contribution in [0.25, 0.3) is 0 Å². The molecule has 0 saturated heterocycles. The third kappa shape index (κ3) is 3.33. The molecule has 1 saturated carbocycles. The number of nitrogens with one attached hydrogen (secondary N) is 2. The summed E-state index contributed by atoms with van der Waals surface area (Å²) in [4.78, 5) is 17.4. The molecule has 2 aromatic carbocycles. The van der Waals surface area contributed by atoms with Crippen LogP contribution in [0, 0.1) is 0 Å². The van der Waals surface area contributed by atoms with E-state index in [-0.39, 0.29) is 11.4 Å². The van der Waals surface area contributed by atoms with Gasteiger partial charge in [-0.15, -0.1) is 0 Å². The highest BCUT2D eigenvalue weighted by atomic mass is 79.9. The summed E-state index contributed by atoms with van der Waals surface area (Å²) in [6.45, 7) is 0. The van der Waals surface area contributed by atoms with Crippen molar-refractivity contribution in [3.05, 3.63) is 69.7 Å². The number of rotatable bonds is 1. The maximum absolute atomic E-state index is 12.4. The van der Waals surface area contributed by atoms with E-state index in [0.29, 0.717) is 5.56 Å². The Labute approximate surface area is 155 Å². The third-order valence-electron chi connectivity index (χ3n) is 5.06. The number of benzene rings is 2. The number of halogens is 1. The van der Waals surface area contributed by atoms with E-state index in [2.05, 4.69) is 45.0 Å². The molecule has 1 spiro atoms. The second-order valence-corrected chi connectivity index (χ2v) is 7.73. The number of hydrogen-bond donors (Lipinski definition) is 2. The van der Waals surface area contributed by atoms with Crippen LogP contribution in [0.1, 0.15) is 47.2 Å². The number of aliphatic imine (C=N–C) groups is 1. The van der Waals surface area contributed by atoms with Crippen molar-refractivity contribution in [1.82, 2.24) is 10.9 Å². The SMILES string of the molecule is O=C(NNC1=NC2(CCCC2)Cc2ccccc21)c1cccc(Br)c1. The highest BCUT2D eigenvalue weighted by Gasteiger charge is 2.37. The summed E-state index contributed by atoms with van der Waals surface area (Å²) in [5.41, 5.74) is 8.86. The molecular formula is C20H20BrN3O. The molecule has 0 radical (unpaired) electrons. The summed E-state index contributed by atoms with van der Waals surface area (Å²) in [6.07, 6.45) is 5.68. The standard InChI is InChI=1S/C20H20BrN3O/c21-16-8-5-7-14(12-16)19(25)24-23-18-17-9-2-1-6-15(17)13-20(22-18)10-3-4-11-20/h1-2,5-9,12H,3-4,10-11,13H2,(H,22,23)(H,24,25). The van der Waals surface area contributed by atoms with E-state index in [1.54, 1.807) is 12.1 Å². The van der Waals surface area contributed by atoms with E-state index in [0.717, 1.165) is 35.1 Å². The summed E-state index contributed by atoms with van der Waals surface area (Å²) < 4.78 is 0.880. The summed E-state index contributed by atoms with van der Waals surface area (Å²) >= 11 is 3.40. The highest BCUT2D eigenvalue weighted by molar-refractivity contribution is 9.10. The summed E-state index contributed by atoms with van der Waals surface area (Å²) in [7, 11) is 0. The Morgan fingerprint density at radius 2 is 1.88 bits per heavy atom. The molecule has 1 heterocycles. The number of amides is 1. The zero-order valence-electron chi connectivity index (χ0n) is 13.9. The van der Waals surface area contributed by atoms with Crippen molar-refractivity contribution in [2.75, 3.05) is 0 Å². The highest BCUT2D eigenvalue weighted by Crippen LogP contribution is 2.39. The molecule has 25 heavy (non-hydrogen) atoms. The summed E-state index contributed by atoms with van der Waals surface area (Å²) in [5, 5.41) is 0. The average Bonchev–Trinajstić information content (AvgIpc) is 3.06. The molecule has 0 atom stereocenters. The van der Waals surface area contributed by atoms with Crippen molar-refractivity contribution in [1.29, 1.82) is 0 Å². The Morgan fingerprint density at radius 1 is 1.08 bits per heavy atom. The van der Waals surface area contributed by atoms with Crippen molar-refractivity contribution in [2.24, 2.45) is 4.99 Å². The predicted molar refractivity (Wildman–Crippen MR) is 103 cm³/mol. The molecule has 2 N–H and O–H groups in total. The van der Waals surface area contributed by atoms with Crippen molar-refractivity contribution in [3.8, 4) is 0 Å². The first kappa shape index (κ1) is 16.3. The monoisotopic (exact) mass is 397 g/mol. The minimum absolute atomic E-state index is 0.00279. The number of hydrogen-bond acceptors (Lipinski definition) is 3. The Bertz CT molecular complexity index is 840. The van der Waals surface area contributed by atoms with E-state index in [4.69, 9.17) is 4.99 Å². The number of carbonyl (C=O) groups is 1. The molecule has 1 amide bonds. The molecule has 1 fully saturated rings. The van der Waals surface area contributed by atoms with Crippen LogP contribution in [0.5, 0.6) is 0 Å². The fourth-order valence-corrected chi connectivity index (χ4v) is 4.23. The molecular weight excluding hydrogens is 378 g/mol. The Balaban J connectivity index is 1.57. The minimum Gasteiger partial charge on any atom is -0.281 e. The quantitative estimate of drug-likeness (QED) is 0.714. The maximum atomic E-state index is 12.4. The number of nitrogens with zero attached hydrogens (tertiary/aromatic N) is 1. The second kappa shape index (κ2) is 6.64. The normalized spacial score (nSPS) is 17.7. The summed E-state index contributed by atoms with van der Waals surface area (Å²) in [6, 6.07) is 15.7. The van der Waals surface area contributed by atoms with Gasteiger partial charge in [0.15, 0.2) is 0 Å². The van der Waals surface area contributed by atoms with Gasteiger partial charge < -0.3 is 0 Å². The van der Waals surface area contributed by atoms with Gasteiger partial charge in [-0.05, 0) is 43.0 Å². The molecule has 0 unspecified atom stereocenters. The van der Waals surface area contributed by atoms with Crippen molar-refractivity contribution in [2.45, 2.75) is 37.6 Å². The van der Waals surface area contributed by atoms with Gasteiger partial charge in [0.1, 0.15) is 5.84 Å². The van der Waals surface area contributed by atoms with Gasteiger partial charge in [0.05, 0.1) is 5.54 Å². The first-order valence-corrected chi connectivity index (χ1v) is 9.45. The van der Waals surface area contributed by atoms with Gasteiger partial charge in [-0.2, -0.15) is 0 Å². The Morgan fingerprint density at radius 3 is 2.68 bits per heavy atom. The van der Waals surface area contributed by atoms with Gasteiger partial charge in [-0.1, -0.05) is 59.1 Å². The van der Waals surface area contributed by atoms with Crippen molar-refractivity contribution >= 4 is 27.7 Å². The van der Waals surface area contributed by atoms with E-state index >= 15 is 0 Å². The first-order valence-electron chi connectivity index (χ1n) is 8.65. The van der Waals surface area contributed by atoms with Crippen LogP contribution in [0.4, 0.5) is 0 Å². The van der Waals surface area contributed by atoms with Gasteiger partial charge in [0, 0.05) is 15.6 Å². The molecule has 0 aromatic heterocycles. The van der Waals surface area contributed by atoms with E-state index in [1.165, 1.54) is 18.4 Å². The molecule has 5 heteroatoms. The fourth-order valence-electron chi connectivity index (χ4n) is 3.83. The maximum Gasteiger partial charge on any atom is 0.269 e. The van der Waals surface area contributed by atoms with Crippen molar-refractivity contribution < 1.29 is 4.79 Å². The molecule has 128 valence electrons. The molecule has 4 rings (SSSR count). The number of fused-ring (bicyclic) bond motifs is 1. The predicted octanol–water partition coefficient (Wildman–Crippen LogP) is 4.00. The van der Waals surface area contributed by atoms with Crippen LogP contribution in [0.15, 0.2) is 58.0 Å². The van der Waals surface area contributed by atoms with Gasteiger partial charge >= 0.3 is 0 Å². The first-order chi connectivity index (χ1) is 12.2. The molecule has 0 bridgehead atoms. The van der Waals surface area contributed by atoms with Crippen LogP contribution in [-0.2, 0) is 6.42 Å². The molecule has 2 aromatic rings. The molecule has 2 aliphatic rings. The van der Waals surface area contributed by atoms with Crippen LogP contribution >= 0.6 is 15.9 Å². The topological polar surface area (TPSA) is 53.5 Å². The summed E-state index contributed by atoms with van der Waals surface area (Å²) in [5.74, 6) is 0.597. The van der Waals surface area contributed by atoms with E-state index in [1.807, 2.05) is 18.2 Å². The van der Waals surface area contributed by atoms with Crippen LogP contribution < -0.4 is 10.9 Å². The molecule has 1 aliphatic heterocycles. The lowest BCUT2D eigenvalue weighted by atomic mass is 9.84.